The summed E-state index contributed by atoms with van der Waals surface area (Å²) in [4.78, 5) is 0. The van der Waals surface area contributed by atoms with Crippen molar-refractivity contribution in [2.75, 3.05) is 0 Å². The fraction of sp³-hybridized carbons (Fsp3) is 0.727. The molecule has 0 spiro atoms. The SMILES string of the molecule is Cn1cc(C2(N)CCCCC2)c(C(F)(F)F)n1. The van der Waals surface area contributed by atoms with Gasteiger partial charge in [-0.3, -0.25) is 4.68 Å². The molecule has 2 N–H and O–H groups in total. The minimum atomic E-state index is -4.43. The van der Waals surface area contributed by atoms with Crippen LogP contribution in [0.4, 0.5) is 13.2 Å². The standard InChI is InChI=1S/C11H16F3N3/c1-17-7-8(9(16-17)11(12,13)14)10(15)5-3-2-4-6-10/h7H,2-6,15H2,1H3. The van der Waals surface area contributed by atoms with Crippen molar-refractivity contribution in [3.63, 3.8) is 0 Å². The molecule has 1 aliphatic rings. The van der Waals surface area contributed by atoms with E-state index in [1.807, 2.05) is 0 Å². The highest BCUT2D eigenvalue weighted by Crippen LogP contribution is 2.41. The van der Waals surface area contributed by atoms with E-state index >= 15 is 0 Å². The average molecular weight is 247 g/mol. The summed E-state index contributed by atoms with van der Waals surface area (Å²) in [6, 6.07) is 0. The van der Waals surface area contributed by atoms with E-state index in [1.54, 1.807) is 0 Å². The Balaban J connectivity index is 2.43. The lowest BCUT2D eigenvalue weighted by molar-refractivity contribution is -0.142. The molecule has 0 amide bonds. The molecule has 1 aromatic rings. The summed E-state index contributed by atoms with van der Waals surface area (Å²) >= 11 is 0. The van der Waals surface area contributed by atoms with E-state index in [0.29, 0.717) is 12.8 Å². The van der Waals surface area contributed by atoms with E-state index in [9.17, 15) is 13.2 Å². The number of alkyl halides is 3. The molecule has 0 radical (unpaired) electrons. The van der Waals surface area contributed by atoms with Gasteiger partial charge in [-0.2, -0.15) is 18.3 Å². The summed E-state index contributed by atoms with van der Waals surface area (Å²) in [7, 11) is 1.49. The van der Waals surface area contributed by atoms with Crippen LogP contribution >= 0.6 is 0 Å². The Kier molecular flexibility index (Phi) is 2.93. The Labute approximate surface area is 97.8 Å². The van der Waals surface area contributed by atoms with Gasteiger partial charge in [0.15, 0.2) is 5.69 Å². The Morgan fingerprint density at radius 1 is 1.29 bits per heavy atom. The monoisotopic (exact) mass is 247 g/mol. The molecule has 0 unspecified atom stereocenters. The second-order valence-electron chi connectivity index (χ2n) is 4.78. The summed E-state index contributed by atoms with van der Waals surface area (Å²) in [6.07, 6.45) is 0.976. The van der Waals surface area contributed by atoms with Gasteiger partial charge in [0.2, 0.25) is 0 Å². The highest BCUT2D eigenvalue weighted by molar-refractivity contribution is 5.29. The first-order valence-corrected chi connectivity index (χ1v) is 5.73. The number of aryl methyl sites for hydroxylation is 1. The molecular formula is C11H16F3N3. The smallest absolute Gasteiger partial charge is 0.321 e. The minimum Gasteiger partial charge on any atom is -0.321 e. The molecule has 6 heteroatoms. The Bertz CT molecular complexity index is 403. The summed E-state index contributed by atoms with van der Waals surface area (Å²) < 4.78 is 39.8. The zero-order valence-corrected chi connectivity index (χ0v) is 9.72. The van der Waals surface area contributed by atoms with Crippen molar-refractivity contribution in [2.45, 2.75) is 43.8 Å². The van der Waals surface area contributed by atoms with E-state index in [-0.39, 0.29) is 5.56 Å². The molecule has 1 fully saturated rings. The van der Waals surface area contributed by atoms with Gasteiger partial charge in [0, 0.05) is 24.3 Å². The van der Waals surface area contributed by atoms with Crippen molar-refractivity contribution in [1.82, 2.24) is 9.78 Å². The Hall–Kier alpha value is -1.04. The van der Waals surface area contributed by atoms with Crippen LogP contribution in [-0.2, 0) is 18.8 Å². The Morgan fingerprint density at radius 2 is 1.88 bits per heavy atom. The topological polar surface area (TPSA) is 43.8 Å². The quantitative estimate of drug-likeness (QED) is 0.828. The Morgan fingerprint density at radius 3 is 2.41 bits per heavy atom. The number of nitrogens with zero attached hydrogens (tertiary/aromatic N) is 2. The zero-order valence-electron chi connectivity index (χ0n) is 9.72. The predicted molar refractivity (Wildman–Crippen MR) is 57.2 cm³/mol. The van der Waals surface area contributed by atoms with E-state index < -0.39 is 17.4 Å². The van der Waals surface area contributed by atoms with Gasteiger partial charge < -0.3 is 5.73 Å². The highest BCUT2D eigenvalue weighted by atomic mass is 19.4. The van der Waals surface area contributed by atoms with Gasteiger partial charge in [-0.25, -0.2) is 0 Å². The minimum absolute atomic E-state index is 0.146. The fourth-order valence-corrected chi connectivity index (χ4v) is 2.51. The summed E-state index contributed by atoms with van der Waals surface area (Å²) in [5.74, 6) is 0. The third-order valence-electron chi connectivity index (χ3n) is 3.38. The molecule has 0 aromatic carbocycles. The van der Waals surface area contributed by atoms with E-state index in [0.717, 1.165) is 19.3 Å². The van der Waals surface area contributed by atoms with E-state index in [4.69, 9.17) is 5.73 Å². The van der Waals surface area contributed by atoms with Gasteiger partial charge in [-0.15, -0.1) is 0 Å². The van der Waals surface area contributed by atoms with Crippen LogP contribution < -0.4 is 5.73 Å². The predicted octanol–water partition coefficient (Wildman–Crippen LogP) is 2.56. The largest absolute Gasteiger partial charge is 0.435 e. The first-order valence-electron chi connectivity index (χ1n) is 5.73. The van der Waals surface area contributed by atoms with Gasteiger partial charge >= 0.3 is 6.18 Å². The van der Waals surface area contributed by atoms with Crippen LogP contribution in [0.5, 0.6) is 0 Å². The van der Waals surface area contributed by atoms with Crippen LogP contribution in [0.1, 0.15) is 43.4 Å². The molecule has 3 nitrogen and oxygen atoms in total. The van der Waals surface area contributed by atoms with Crippen LogP contribution in [0.15, 0.2) is 6.20 Å². The molecule has 1 heterocycles. The van der Waals surface area contributed by atoms with Crippen molar-refractivity contribution in [1.29, 1.82) is 0 Å². The van der Waals surface area contributed by atoms with Crippen LogP contribution in [0.3, 0.4) is 0 Å². The zero-order chi connectivity index (χ0) is 12.7. The maximum absolute atomic E-state index is 12.9. The number of halogens is 3. The lowest BCUT2D eigenvalue weighted by Gasteiger charge is -2.33. The summed E-state index contributed by atoms with van der Waals surface area (Å²) in [5.41, 5.74) is 4.59. The molecule has 17 heavy (non-hydrogen) atoms. The van der Waals surface area contributed by atoms with Crippen LogP contribution in [0.25, 0.3) is 0 Å². The number of hydrogen-bond acceptors (Lipinski definition) is 2. The van der Waals surface area contributed by atoms with Crippen LogP contribution in [0.2, 0.25) is 0 Å². The molecule has 2 rings (SSSR count). The molecular weight excluding hydrogens is 231 g/mol. The molecule has 1 aliphatic carbocycles. The first kappa shape index (κ1) is 12.4. The lowest BCUT2D eigenvalue weighted by Crippen LogP contribution is -2.40. The number of nitrogens with two attached hydrogens (primary N) is 1. The van der Waals surface area contributed by atoms with Gasteiger partial charge in [0.25, 0.3) is 0 Å². The van der Waals surface area contributed by atoms with Crippen molar-refractivity contribution < 1.29 is 13.2 Å². The number of hydrogen-bond donors (Lipinski definition) is 1. The molecule has 0 saturated heterocycles. The second-order valence-corrected chi connectivity index (χ2v) is 4.78. The number of aromatic nitrogens is 2. The van der Waals surface area contributed by atoms with Crippen molar-refractivity contribution >= 4 is 0 Å². The average Bonchev–Trinajstić information content (AvgIpc) is 2.62. The molecule has 0 aliphatic heterocycles. The van der Waals surface area contributed by atoms with Crippen LogP contribution in [-0.4, -0.2) is 9.78 Å². The van der Waals surface area contributed by atoms with Crippen molar-refractivity contribution in [2.24, 2.45) is 12.8 Å². The van der Waals surface area contributed by atoms with Gasteiger partial charge in [-0.05, 0) is 12.8 Å². The summed E-state index contributed by atoms with van der Waals surface area (Å²) in [5, 5.41) is 3.51. The van der Waals surface area contributed by atoms with E-state index in [2.05, 4.69) is 5.10 Å². The van der Waals surface area contributed by atoms with Crippen LogP contribution in [0, 0.1) is 0 Å². The third kappa shape index (κ3) is 2.31. The highest BCUT2D eigenvalue weighted by Gasteiger charge is 2.43. The van der Waals surface area contributed by atoms with Crippen molar-refractivity contribution in [3.05, 3.63) is 17.5 Å². The maximum Gasteiger partial charge on any atom is 0.435 e. The van der Waals surface area contributed by atoms with E-state index in [1.165, 1.54) is 17.9 Å². The third-order valence-corrected chi connectivity index (χ3v) is 3.38. The molecule has 1 saturated carbocycles. The van der Waals surface area contributed by atoms with Gasteiger partial charge in [0.05, 0.1) is 0 Å². The fourth-order valence-electron chi connectivity index (χ4n) is 2.51. The summed E-state index contributed by atoms with van der Waals surface area (Å²) in [6.45, 7) is 0. The van der Waals surface area contributed by atoms with Gasteiger partial charge in [0.1, 0.15) is 0 Å². The first-order chi connectivity index (χ1) is 7.83. The molecule has 0 atom stereocenters. The maximum atomic E-state index is 12.9. The van der Waals surface area contributed by atoms with Crippen molar-refractivity contribution in [3.8, 4) is 0 Å². The lowest BCUT2D eigenvalue weighted by atomic mass is 9.77. The normalized spacial score (nSPS) is 20.5. The second kappa shape index (κ2) is 4.01. The molecule has 1 aromatic heterocycles. The van der Waals surface area contributed by atoms with Gasteiger partial charge in [-0.1, -0.05) is 19.3 Å². The molecule has 96 valence electrons. The number of rotatable bonds is 1. The molecule has 0 bridgehead atoms.